The number of carbonyl (C=O) groups excluding carboxylic acids is 2. The highest BCUT2D eigenvalue weighted by molar-refractivity contribution is 5.94. The molecule has 8 heteroatoms. The molecular formula is C25H24N2O6. The highest BCUT2D eigenvalue weighted by Gasteiger charge is 2.19. The molecule has 0 bridgehead atoms. The van der Waals surface area contributed by atoms with Crippen LogP contribution < -0.4 is 24.4 Å². The van der Waals surface area contributed by atoms with Crippen LogP contribution in [0, 0.1) is 0 Å². The van der Waals surface area contributed by atoms with Gasteiger partial charge < -0.3 is 18.9 Å². The maximum atomic E-state index is 12.8. The van der Waals surface area contributed by atoms with Crippen LogP contribution in [0.25, 0.3) is 0 Å². The number of methoxy groups -OCH3 is 3. The Morgan fingerprint density at radius 1 is 0.848 bits per heavy atom. The van der Waals surface area contributed by atoms with E-state index in [2.05, 4.69) is 10.5 Å². The Morgan fingerprint density at radius 3 is 2.12 bits per heavy atom. The Labute approximate surface area is 191 Å². The van der Waals surface area contributed by atoms with Crippen LogP contribution in [-0.2, 0) is 11.2 Å². The number of hydrogen-bond donors (Lipinski definition) is 1. The number of nitrogens with zero attached hydrogens (tertiary/aromatic N) is 1. The Bertz CT molecular complexity index is 1120. The number of carbonyl (C=O) groups is 2. The number of benzene rings is 3. The molecule has 0 radical (unpaired) electrons. The number of amides is 1. The van der Waals surface area contributed by atoms with E-state index in [1.807, 2.05) is 30.3 Å². The summed E-state index contributed by atoms with van der Waals surface area (Å²) in [6, 6.07) is 19.2. The van der Waals surface area contributed by atoms with E-state index < -0.39 is 5.97 Å². The van der Waals surface area contributed by atoms with Gasteiger partial charge in [-0.15, -0.1) is 0 Å². The van der Waals surface area contributed by atoms with E-state index in [-0.39, 0.29) is 23.6 Å². The predicted molar refractivity (Wildman–Crippen MR) is 123 cm³/mol. The van der Waals surface area contributed by atoms with Crippen molar-refractivity contribution in [3.05, 3.63) is 83.4 Å². The molecule has 0 atom stereocenters. The van der Waals surface area contributed by atoms with Crippen LogP contribution in [0.1, 0.15) is 21.5 Å². The molecule has 33 heavy (non-hydrogen) atoms. The van der Waals surface area contributed by atoms with E-state index in [4.69, 9.17) is 18.9 Å². The zero-order chi connectivity index (χ0) is 23.6. The van der Waals surface area contributed by atoms with Crippen LogP contribution in [-0.4, -0.2) is 39.4 Å². The third-order valence-corrected chi connectivity index (χ3v) is 4.62. The van der Waals surface area contributed by atoms with Gasteiger partial charge in [-0.3, -0.25) is 4.79 Å². The summed E-state index contributed by atoms with van der Waals surface area (Å²) in [5.74, 6) is 0.430. The van der Waals surface area contributed by atoms with Crippen molar-refractivity contribution < 1.29 is 28.5 Å². The highest BCUT2D eigenvalue weighted by atomic mass is 16.5. The lowest BCUT2D eigenvalue weighted by molar-refractivity contribution is -0.120. The number of para-hydroxylation sites is 1. The average molecular weight is 448 g/mol. The van der Waals surface area contributed by atoms with Gasteiger partial charge in [0, 0.05) is 5.56 Å². The minimum absolute atomic E-state index is 0.204. The van der Waals surface area contributed by atoms with Gasteiger partial charge in [-0.25, -0.2) is 10.2 Å². The smallest absolute Gasteiger partial charge is 0.343 e. The standard InChI is InChI=1S/C25H24N2O6/c1-30-21-14-19(15-22(31-2)24(21)32-3)25(29)33-20-12-8-7-11-18(20)16-26-27-23(28)13-17-9-5-4-6-10-17/h4-12,14-16H,13H2,1-3H3,(H,27,28)/b26-16-. The van der Waals surface area contributed by atoms with Crippen LogP contribution in [0.15, 0.2) is 71.8 Å². The summed E-state index contributed by atoms with van der Waals surface area (Å²) >= 11 is 0. The second-order valence-electron chi connectivity index (χ2n) is 6.80. The zero-order valence-corrected chi connectivity index (χ0v) is 18.5. The first-order valence-corrected chi connectivity index (χ1v) is 10.0. The molecule has 8 nitrogen and oxygen atoms in total. The second kappa shape index (κ2) is 11.3. The van der Waals surface area contributed by atoms with E-state index in [1.54, 1.807) is 24.3 Å². The van der Waals surface area contributed by atoms with Crippen molar-refractivity contribution in [3.8, 4) is 23.0 Å². The molecule has 3 rings (SSSR count). The van der Waals surface area contributed by atoms with Gasteiger partial charge in [0.25, 0.3) is 0 Å². The average Bonchev–Trinajstić information content (AvgIpc) is 2.84. The van der Waals surface area contributed by atoms with E-state index in [0.29, 0.717) is 22.8 Å². The fourth-order valence-electron chi connectivity index (χ4n) is 3.03. The van der Waals surface area contributed by atoms with E-state index >= 15 is 0 Å². The van der Waals surface area contributed by atoms with Crippen molar-refractivity contribution in [2.75, 3.05) is 21.3 Å². The molecular weight excluding hydrogens is 424 g/mol. The third-order valence-electron chi connectivity index (χ3n) is 4.62. The molecule has 0 aromatic heterocycles. The van der Waals surface area contributed by atoms with Gasteiger partial charge in [-0.1, -0.05) is 42.5 Å². The molecule has 0 saturated carbocycles. The zero-order valence-electron chi connectivity index (χ0n) is 18.5. The normalized spacial score (nSPS) is 10.5. The van der Waals surface area contributed by atoms with Crippen LogP contribution in [0.2, 0.25) is 0 Å². The number of hydrazone groups is 1. The van der Waals surface area contributed by atoms with Gasteiger partial charge in [0.05, 0.1) is 39.5 Å². The van der Waals surface area contributed by atoms with Gasteiger partial charge in [-0.2, -0.15) is 5.10 Å². The first-order chi connectivity index (χ1) is 16.0. The fraction of sp³-hybridized carbons (Fsp3) is 0.160. The minimum atomic E-state index is -0.622. The van der Waals surface area contributed by atoms with Crippen molar-refractivity contribution in [3.63, 3.8) is 0 Å². The van der Waals surface area contributed by atoms with Gasteiger partial charge in [0.15, 0.2) is 11.5 Å². The molecule has 0 heterocycles. The molecule has 0 aliphatic heterocycles. The Hall–Kier alpha value is -4.33. The first kappa shape index (κ1) is 23.3. The van der Waals surface area contributed by atoms with Crippen molar-refractivity contribution in [2.24, 2.45) is 5.10 Å². The van der Waals surface area contributed by atoms with Gasteiger partial charge in [0.1, 0.15) is 5.75 Å². The SMILES string of the molecule is COc1cc(C(=O)Oc2ccccc2/C=N\NC(=O)Cc2ccccc2)cc(OC)c1OC. The topological polar surface area (TPSA) is 95.5 Å². The van der Waals surface area contributed by atoms with E-state index in [0.717, 1.165) is 5.56 Å². The fourth-order valence-corrected chi connectivity index (χ4v) is 3.03. The molecule has 170 valence electrons. The molecule has 0 aliphatic carbocycles. The van der Waals surface area contributed by atoms with Gasteiger partial charge in [-0.05, 0) is 29.8 Å². The largest absolute Gasteiger partial charge is 0.493 e. The lowest BCUT2D eigenvalue weighted by Gasteiger charge is -2.14. The van der Waals surface area contributed by atoms with Crippen molar-refractivity contribution in [1.82, 2.24) is 5.43 Å². The quantitative estimate of drug-likeness (QED) is 0.233. The summed E-state index contributed by atoms with van der Waals surface area (Å²) < 4.78 is 21.4. The summed E-state index contributed by atoms with van der Waals surface area (Å²) in [4.78, 5) is 24.9. The lowest BCUT2D eigenvalue weighted by atomic mass is 10.1. The monoisotopic (exact) mass is 448 g/mol. The summed E-state index contributed by atoms with van der Waals surface area (Å²) in [6.07, 6.45) is 1.62. The summed E-state index contributed by atoms with van der Waals surface area (Å²) in [7, 11) is 4.40. The molecule has 1 N–H and O–H groups in total. The van der Waals surface area contributed by atoms with Crippen molar-refractivity contribution >= 4 is 18.1 Å². The maximum absolute atomic E-state index is 12.8. The molecule has 3 aromatic carbocycles. The summed E-state index contributed by atoms with van der Waals surface area (Å²) in [6.45, 7) is 0. The highest BCUT2D eigenvalue weighted by Crippen LogP contribution is 2.38. The van der Waals surface area contributed by atoms with E-state index in [1.165, 1.54) is 39.7 Å². The predicted octanol–water partition coefficient (Wildman–Crippen LogP) is 3.62. The van der Waals surface area contributed by atoms with Gasteiger partial charge >= 0.3 is 5.97 Å². The van der Waals surface area contributed by atoms with Gasteiger partial charge in [0.2, 0.25) is 11.7 Å². The molecule has 0 spiro atoms. The van der Waals surface area contributed by atoms with Crippen LogP contribution in [0.4, 0.5) is 0 Å². The summed E-state index contributed by atoms with van der Waals surface area (Å²) in [5, 5.41) is 3.98. The molecule has 0 fully saturated rings. The lowest BCUT2D eigenvalue weighted by Crippen LogP contribution is -2.19. The molecule has 0 saturated heterocycles. The molecule has 0 aliphatic rings. The number of rotatable bonds is 9. The Morgan fingerprint density at radius 2 is 1.48 bits per heavy atom. The third kappa shape index (κ3) is 6.10. The number of nitrogens with one attached hydrogen (secondary N) is 1. The molecule has 3 aromatic rings. The Balaban J connectivity index is 1.72. The van der Waals surface area contributed by atoms with E-state index in [9.17, 15) is 9.59 Å². The first-order valence-electron chi connectivity index (χ1n) is 10.0. The van der Waals surface area contributed by atoms with Crippen LogP contribution in [0.3, 0.4) is 0 Å². The number of ether oxygens (including phenoxy) is 4. The maximum Gasteiger partial charge on any atom is 0.343 e. The number of hydrogen-bond acceptors (Lipinski definition) is 7. The second-order valence-corrected chi connectivity index (χ2v) is 6.80. The number of esters is 1. The molecule has 1 amide bonds. The van der Waals surface area contributed by atoms with Crippen molar-refractivity contribution in [1.29, 1.82) is 0 Å². The van der Waals surface area contributed by atoms with Crippen LogP contribution >= 0.6 is 0 Å². The minimum Gasteiger partial charge on any atom is -0.493 e. The summed E-state index contributed by atoms with van der Waals surface area (Å²) in [5.41, 5.74) is 4.08. The van der Waals surface area contributed by atoms with Crippen molar-refractivity contribution in [2.45, 2.75) is 6.42 Å². The molecule has 0 unspecified atom stereocenters. The van der Waals surface area contributed by atoms with Crippen LogP contribution in [0.5, 0.6) is 23.0 Å². The Kier molecular flexibility index (Phi) is 8.02.